The smallest absolute Gasteiger partial charge is 0.319 e. The number of phenols is 1. The van der Waals surface area contributed by atoms with Crippen LogP contribution in [0.1, 0.15) is 31.2 Å². The number of anilines is 1. The van der Waals surface area contributed by atoms with Gasteiger partial charge in [-0.2, -0.15) is 9.97 Å². The van der Waals surface area contributed by atoms with Crippen molar-refractivity contribution in [3.8, 4) is 41.2 Å². The van der Waals surface area contributed by atoms with Crippen LogP contribution >= 0.6 is 22.6 Å². The van der Waals surface area contributed by atoms with Gasteiger partial charge in [0.2, 0.25) is 5.88 Å². The van der Waals surface area contributed by atoms with E-state index < -0.39 is 17.8 Å². The monoisotopic (exact) mass is 770 g/mol. The van der Waals surface area contributed by atoms with Crippen molar-refractivity contribution >= 4 is 50.1 Å². The minimum absolute atomic E-state index is 0.0223. The van der Waals surface area contributed by atoms with Crippen LogP contribution in [0.2, 0.25) is 0 Å². The maximum absolute atomic E-state index is 17.0. The molecule has 5 heterocycles. The van der Waals surface area contributed by atoms with Crippen LogP contribution in [0.3, 0.4) is 0 Å². The van der Waals surface area contributed by atoms with Gasteiger partial charge >= 0.3 is 6.01 Å². The summed E-state index contributed by atoms with van der Waals surface area (Å²) in [5.74, 6) is 1.37. The van der Waals surface area contributed by atoms with Crippen molar-refractivity contribution in [3.63, 3.8) is 0 Å². The molecular formula is C35H34F3IN6O3. The van der Waals surface area contributed by atoms with E-state index in [1.54, 1.807) is 0 Å². The molecule has 9 nitrogen and oxygen atoms in total. The van der Waals surface area contributed by atoms with Gasteiger partial charge in [0, 0.05) is 53.0 Å². The van der Waals surface area contributed by atoms with E-state index in [0.29, 0.717) is 49.3 Å². The van der Waals surface area contributed by atoms with E-state index in [0.717, 1.165) is 36.8 Å². The topological polar surface area (TPSA) is 95.9 Å². The first kappa shape index (κ1) is 31.6. The van der Waals surface area contributed by atoms with Gasteiger partial charge < -0.3 is 24.8 Å². The van der Waals surface area contributed by atoms with Crippen LogP contribution in [0, 0.1) is 29.4 Å². The van der Waals surface area contributed by atoms with E-state index in [1.807, 2.05) is 0 Å². The number of terminal acetylenes is 1. The van der Waals surface area contributed by atoms with Crippen LogP contribution in [-0.2, 0) is 0 Å². The number of alkyl halides is 2. The molecule has 3 atom stereocenters. The van der Waals surface area contributed by atoms with Crippen molar-refractivity contribution in [2.24, 2.45) is 5.41 Å². The Morgan fingerprint density at radius 1 is 1.17 bits per heavy atom. The highest BCUT2D eigenvalue weighted by Gasteiger charge is 2.46. The number of aromatic hydroxyl groups is 1. The zero-order valence-corrected chi connectivity index (χ0v) is 28.3. The molecule has 0 bridgehead atoms. The summed E-state index contributed by atoms with van der Waals surface area (Å²) in [5.41, 5.74) is -0.350. The van der Waals surface area contributed by atoms with Crippen LogP contribution in [0.5, 0.6) is 17.6 Å². The molecule has 2 aromatic carbocycles. The Bertz CT molecular complexity index is 1970. The molecule has 1 aliphatic carbocycles. The number of hydrogen-bond donors (Lipinski definition) is 2. The highest BCUT2D eigenvalue weighted by molar-refractivity contribution is 14.1. The standard InChI is InChI=1S/C35H34F3IN6O3/c1-2-22-24(37)6-5-19-12-21(46)13-23(27(19)22)30-29(38)31-28-32(45-11-9-40-25(14-39)26(45)16-47-33(28)41-30)43-34(42-31)48-18-35(7-8-35)17-44-10-3-4-20(36)15-44/h1,5-6,12-13,20,25-26,40,46H,3-4,7-11,14-18H2/t20-,25-,26+/m0/s1. The second-order valence-corrected chi connectivity index (χ2v) is 14.2. The minimum atomic E-state index is -0.811. The summed E-state index contributed by atoms with van der Waals surface area (Å²) in [5, 5.41) is 15.2. The molecule has 4 aromatic rings. The molecule has 0 amide bonds. The predicted octanol–water partition coefficient (Wildman–Crippen LogP) is 5.38. The number of rotatable bonds is 7. The first-order valence-electron chi connectivity index (χ1n) is 16.3. The fourth-order valence-electron chi connectivity index (χ4n) is 7.45. The molecule has 3 aliphatic heterocycles. The molecule has 0 radical (unpaired) electrons. The molecule has 2 N–H and O–H groups in total. The second kappa shape index (κ2) is 12.4. The normalized spacial score (nSPS) is 23.3. The molecule has 48 heavy (non-hydrogen) atoms. The van der Waals surface area contributed by atoms with Crippen LogP contribution in [0.25, 0.3) is 32.9 Å². The summed E-state index contributed by atoms with van der Waals surface area (Å²) < 4.78 is 59.5. The van der Waals surface area contributed by atoms with Crippen molar-refractivity contribution < 1.29 is 27.8 Å². The maximum atomic E-state index is 17.0. The molecule has 0 unspecified atom stereocenters. The maximum Gasteiger partial charge on any atom is 0.319 e. The lowest BCUT2D eigenvalue weighted by molar-refractivity contribution is 0.0974. The molecule has 2 aromatic heterocycles. The van der Waals surface area contributed by atoms with Gasteiger partial charge in [-0.15, -0.1) is 6.42 Å². The number of phenolic OH excluding ortho intramolecular Hbond substituents is 1. The van der Waals surface area contributed by atoms with E-state index in [4.69, 9.17) is 20.9 Å². The van der Waals surface area contributed by atoms with Gasteiger partial charge in [-0.1, -0.05) is 34.6 Å². The van der Waals surface area contributed by atoms with Crippen LogP contribution in [-0.4, -0.2) is 93.6 Å². The van der Waals surface area contributed by atoms with E-state index in [-0.39, 0.29) is 69.5 Å². The van der Waals surface area contributed by atoms with Gasteiger partial charge in [0.25, 0.3) is 0 Å². The number of piperidine rings is 1. The number of likely N-dealkylation sites (tertiary alicyclic amines) is 1. The number of nitrogens with zero attached hydrogens (tertiary/aromatic N) is 5. The van der Waals surface area contributed by atoms with Crippen molar-refractivity contribution in [1.82, 2.24) is 25.2 Å². The van der Waals surface area contributed by atoms with Gasteiger partial charge in [-0.3, -0.25) is 4.90 Å². The molecule has 8 rings (SSSR count). The molecule has 3 fully saturated rings. The quantitative estimate of drug-likeness (QED) is 0.146. The Kier molecular flexibility index (Phi) is 8.16. The number of fused-ring (bicyclic) bond motifs is 3. The van der Waals surface area contributed by atoms with E-state index in [9.17, 15) is 13.9 Å². The van der Waals surface area contributed by atoms with E-state index in [2.05, 4.69) is 53.6 Å². The third-order valence-corrected chi connectivity index (χ3v) is 11.0. The van der Waals surface area contributed by atoms with Gasteiger partial charge in [-0.05, 0) is 55.8 Å². The third kappa shape index (κ3) is 5.55. The van der Waals surface area contributed by atoms with Crippen molar-refractivity contribution in [1.29, 1.82) is 0 Å². The number of aromatic nitrogens is 3. The Morgan fingerprint density at radius 3 is 2.79 bits per heavy atom. The highest BCUT2D eigenvalue weighted by atomic mass is 127. The van der Waals surface area contributed by atoms with Crippen LogP contribution in [0.15, 0.2) is 24.3 Å². The first-order valence-corrected chi connectivity index (χ1v) is 17.8. The third-order valence-electron chi connectivity index (χ3n) is 10.1. The number of halogens is 4. The predicted molar refractivity (Wildman–Crippen MR) is 185 cm³/mol. The SMILES string of the molecule is C#Cc1c(F)ccc2cc(O)cc(-c3nc4c5c(nc(OCC6(CN7CCC[C@H](F)C7)CC6)nc5c3F)N3CCN[C@@H](CI)[C@H]3CO4)c12. The molecule has 1 saturated carbocycles. The molecular weight excluding hydrogens is 736 g/mol. The second-order valence-electron chi connectivity index (χ2n) is 13.3. The molecule has 0 spiro atoms. The van der Waals surface area contributed by atoms with Crippen molar-refractivity contribution in [2.75, 3.05) is 55.3 Å². The fraction of sp³-hybridized carbons (Fsp3) is 0.457. The first-order chi connectivity index (χ1) is 23.3. The Balaban J connectivity index is 1.26. The summed E-state index contributed by atoms with van der Waals surface area (Å²) >= 11 is 2.34. The number of ether oxygens (including phenoxy) is 2. The minimum Gasteiger partial charge on any atom is -0.508 e. The van der Waals surface area contributed by atoms with Crippen molar-refractivity contribution in [3.05, 3.63) is 41.5 Å². The Morgan fingerprint density at radius 2 is 2.02 bits per heavy atom. The average molecular weight is 771 g/mol. The fourth-order valence-corrected chi connectivity index (χ4v) is 8.35. The van der Waals surface area contributed by atoms with Gasteiger partial charge in [0.15, 0.2) is 5.82 Å². The Labute approximate surface area is 289 Å². The molecule has 2 saturated heterocycles. The molecule has 250 valence electrons. The zero-order valence-electron chi connectivity index (χ0n) is 26.1. The summed E-state index contributed by atoms with van der Waals surface area (Å²) in [7, 11) is 0. The average Bonchev–Trinajstić information content (AvgIpc) is 3.87. The number of benzene rings is 2. The highest BCUT2D eigenvalue weighted by Crippen LogP contribution is 2.48. The lowest BCUT2D eigenvalue weighted by Crippen LogP contribution is -2.60. The van der Waals surface area contributed by atoms with Crippen LogP contribution in [0.4, 0.5) is 19.0 Å². The van der Waals surface area contributed by atoms with E-state index >= 15 is 4.39 Å². The summed E-state index contributed by atoms with van der Waals surface area (Å²) in [6.45, 7) is 3.88. The lowest BCUT2D eigenvalue weighted by Gasteiger charge is -2.40. The number of piperazine rings is 1. The van der Waals surface area contributed by atoms with Gasteiger partial charge in [0.1, 0.15) is 46.8 Å². The largest absolute Gasteiger partial charge is 0.508 e. The number of hydrogen-bond acceptors (Lipinski definition) is 9. The summed E-state index contributed by atoms with van der Waals surface area (Å²) in [6.07, 6.45) is 8.24. The van der Waals surface area contributed by atoms with Gasteiger partial charge in [-0.25, -0.2) is 18.2 Å². The zero-order chi connectivity index (χ0) is 33.2. The van der Waals surface area contributed by atoms with Gasteiger partial charge in [0.05, 0.1) is 18.2 Å². The number of nitrogens with one attached hydrogen (secondary N) is 1. The Hall–Kier alpha value is -3.61. The number of pyridine rings is 1. The van der Waals surface area contributed by atoms with E-state index in [1.165, 1.54) is 24.3 Å². The molecule has 4 aliphatic rings. The summed E-state index contributed by atoms with van der Waals surface area (Å²) in [4.78, 5) is 18.4. The molecule has 13 heteroatoms. The summed E-state index contributed by atoms with van der Waals surface area (Å²) in [6, 6.07) is 5.42. The van der Waals surface area contributed by atoms with Crippen LogP contribution < -0.4 is 19.7 Å². The lowest BCUT2D eigenvalue weighted by atomic mass is 9.95. The van der Waals surface area contributed by atoms with Crippen molar-refractivity contribution in [2.45, 2.75) is 43.9 Å².